The molecule has 1 aliphatic heterocycles. The number of nitrogens with one attached hydrogen (secondary N) is 1. The standard InChI is InChI=1S/C21H17F3N2O4/c1-26-17(5-6-18(26)27)20(28)25-16-11-15(9-12-7-8-29-19(12)16)30-14-4-2-3-13(10-14)21(22,23)24/h2-4,7-11,17H,5-6H2,1H3,(H,25,28). The normalized spacial score (nSPS) is 16.9. The lowest BCUT2D eigenvalue weighted by atomic mass is 10.1. The van der Waals surface area contributed by atoms with Gasteiger partial charge in [0.25, 0.3) is 0 Å². The maximum atomic E-state index is 12.9. The van der Waals surface area contributed by atoms with Crippen LogP contribution in [0.3, 0.4) is 0 Å². The maximum Gasteiger partial charge on any atom is 0.416 e. The summed E-state index contributed by atoms with van der Waals surface area (Å²) in [6, 6.07) is 8.64. The van der Waals surface area contributed by atoms with E-state index in [0.29, 0.717) is 29.5 Å². The summed E-state index contributed by atoms with van der Waals surface area (Å²) >= 11 is 0. The highest BCUT2D eigenvalue weighted by atomic mass is 19.4. The Morgan fingerprint density at radius 3 is 2.70 bits per heavy atom. The smallest absolute Gasteiger partial charge is 0.416 e. The number of nitrogens with zero attached hydrogens (tertiary/aromatic N) is 1. The van der Waals surface area contributed by atoms with Gasteiger partial charge in [0, 0.05) is 24.9 Å². The van der Waals surface area contributed by atoms with Crippen molar-refractivity contribution < 1.29 is 31.9 Å². The van der Waals surface area contributed by atoms with Crippen molar-refractivity contribution in [3.63, 3.8) is 0 Å². The van der Waals surface area contributed by atoms with E-state index in [1.54, 1.807) is 19.2 Å². The van der Waals surface area contributed by atoms with Crippen molar-refractivity contribution in [1.29, 1.82) is 0 Å². The number of anilines is 1. The highest BCUT2D eigenvalue weighted by Crippen LogP contribution is 2.36. The minimum absolute atomic E-state index is 0.00562. The average molecular weight is 418 g/mol. The molecule has 2 aromatic carbocycles. The largest absolute Gasteiger partial charge is 0.462 e. The number of carbonyl (C=O) groups is 2. The Morgan fingerprint density at radius 1 is 1.20 bits per heavy atom. The van der Waals surface area contributed by atoms with Gasteiger partial charge in [0.05, 0.1) is 17.5 Å². The van der Waals surface area contributed by atoms with E-state index >= 15 is 0 Å². The molecule has 1 saturated heterocycles. The molecule has 4 rings (SSSR count). The number of furan rings is 1. The number of fused-ring (bicyclic) bond motifs is 1. The van der Waals surface area contributed by atoms with Gasteiger partial charge in [-0.3, -0.25) is 9.59 Å². The summed E-state index contributed by atoms with van der Waals surface area (Å²) in [5, 5.41) is 3.34. The van der Waals surface area contributed by atoms with Gasteiger partial charge in [-0.1, -0.05) is 6.07 Å². The lowest BCUT2D eigenvalue weighted by molar-refractivity contribution is -0.137. The fraction of sp³-hybridized carbons (Fsp3) is 0.238. The first kappa shape index (κ1) is 19.8. The molecule has 9 heteroatoms. The molecule has 0 radical (unpaired) electrons. The molecule has 1 fully saturated rings. The van der Waals surface area contributed by atoms with Crippen molar-refractivity contribution in [1.82, 2.24) is 4.90 Å². The quantitative estimate of drug-likeness (QED) is 0.661. The Bertz CT molecular complexity index is 1120. The minimum Gasteiger partial charge on any atom is -0.462 e. The zero-order valence-corrected chi connectivity index (χ0v) is 15.8. The number of benzene rings is 2. The number of likely N-dealkylation sites (tertiary alicyclic amines) is 1. The van der Waals surface area contributed by atoms with Gasteiger partial charge in [-0.05, 0) is 36.8 Å². The number of likely N-dealkylation sites (N-methyl/N-ethyl adjacent to an activating group) is 1. The van der Waals surface area contributed by atoms with Gasteiger partial charge in [-0.2, -0.15) is 13.2 Å². The van der Waals surface area contributed by atoms with Crippen LogP contribution in [0.5, 0.6) is 11.5 Å². The molecule has 2 amide bonds. The number of hydrogen-bond acceptors (Lipinski definition) is 4. The van der Waals surface area contributed by atoms with E-state index in [0.717, 1.165) is 12.1 Å². The highest BCUT2D eigenvalue weighted by molar-refractivity contribution is 6.04. The summed E-state index contributed by atoms with van der Waals surface area (Å²) in [5.41, 5.74) is -0.129. The molecular formula is C21H17F3N2O4. The first-order valence-electron chi connectivity index (χ1n) is 9.15. The van der Waals surface area contributed by atoms with Crippen molar-refractivity contribution in [2.24, 2.45) is 0 Å². The van der Waals surface area contributed by atoms with Gasteiger partial charge in [0.15, 0.2) is 5.58 Å². The first-order chi connectivity index (χ1) is 14.2. The van der Waals surface area contributed by atoms with Gasteiger partial charge in [0.2, 0.25) is 11.8 Å². The second-order valence-corrected chi connectivity index (χ2v) is 6.99. The maximum absolute atomic E-state index is 12.9. The van der Waals surface area contributed by atoms with Crippen LogP contribution in [0.1, 0.15) is 18.4 Å². The van der Waals surface area contributed by atoms with E-state index in [-0.39, 0.29) is 23.3 Å². The van der Waals surface area contributed by atoms with Crippen molar-refractivity contribution >= 4 is 28.5 Å². The molecule has 30 heavy (non-hydrogen) atoms. The van der Waals surface area contributed by atoms with Crippen LogP contribution in [0.25, 0.3) is 11.0 Å². The molecule has 0 aliphatic carbocycles. The summed E-state index contributed by atoms with van der Waals surface area (Å²) in [5.74, 6) is -0.252. The van der Waals surface area contributed by atoms with E-state index in [1.165, 1.54) is 29.4 Å². The molecule has 0 saturated carbocycles. The molecule has 2 heterocycles. The second kappa shape index (κ2) is 7.40. The number of halogens is 3. The molecule has 6 nitrogen and oxygen atoms in total. The van der Waals surface area contributed by atoms with Crippen molar-refractivity contribution in [3.05, 3.63) is 54.3 Å². The van der Waals surface area contributed by atoms with Crippen LogP contribution in [0.15, 0.2) is 53.1 Å². The third-order valence-corrected chi connectivity index (χ3v) is 4.97. The predicted molar refractivity (Wildman–Crippen MR) is 102 cm³/mol. The third kappa shape index (κ3) is 3.83. The van der Waals surface area contributed by atoms with E-state index < -0.39 is 17.8 Å². The second-order valence-electron chi connectivity index (χ2n) is 6.99. The van der Waals surface area contributed by atoms with Crippen molar-refractivity contribution in [3.8, 4) is 11.5 Å². The van der Waals surface area contributed by atoms with Crippen LogP contribution in [0.2, 0.25) is 0 Å². The van der Waals surface area contributed by atoms with E-state index in [2.05, 4.69) is 5.32 Å². The number of amides is 2. The summed E-state index contributed by atoms with van der Waals surface area (Å²) < 4.78 is 49.9. The van der Waals surface area contributed by atoms with E-state index in [1.807, 2.05) is 0 Å². The van der Waals surface area contributed by atoms with Crippen molar-refractivity contribution in [2.75, 3.05) is 12.4 Å². The molecule has 0 spiro atoms. The molecule has 1 unspecified atom stereocenters. The average Bonchev–Trinajstić information content (AvgIpc) is 3.28. The topological polar surface area (TPSA) is 71.8 Å². The van der Waals surface area contributed by atoms with E-state index in [9.17, 15) is 22.8 Å². The SMILES string of the molecule is CN1C(=O)CCC1C(=O)Nc1cc(Oc2cccc(C(F)(F)F)c2)cc2ccoc12. The van der Waals surface area contributed by atoms with Gasteiger partial charge in [0.1, 0.15) is 17.5 Å². The third-order valence-electron chi connectivity index (χ3n) is 4.97. The fourth-order valence-corrected chi connectivity index (χ4v) is 3.41. The highest BCUT2D eigenvalue weighted by Gasteiger charge is 2.33. The van der Waals surface area contributed by atoms with Gasteiger partial charge in [-0.15, -0.1) is 0 Å². The Kier molecular flexibility index (Phi) is 4.89. The Morgan fingerprint density at radius 2 is 2.00 bits per heavy atom. The molecule has 1 aliphatic rings. The molecule has 1 atom stereocenters. The van der Waals surface area contributed by atoms with Gasteiger partial charge < -0.3 is 19.4 Å². The lowest BCUT2D eigenvalue weighted by Crippen LogP contribution is -2.38. The predicted octanol–water partition coefficient (Wildman–Crippen LogP) is 4.80. The Balaban J connectivity index is 1.62. The number of alkyl halides is 3. The Hall–Kier alpha value is -3.49. The monoisotopic (exact) mass is 418 g/mol. The Labute approximate surface area is 169 Å². The number of ether oxygens (including phenoxy) is 1. The molecular weight excluding hydrogens is 401 g/mol. The summed E-state index contributed by atoms with van der Waals surface area (Å²) in [6.45, 7) is 0. The van der Waals surface area contributed by atoms with Gasteiger partial charge in [-0.25, -0.2) is 0 Å². The first-order valence-corrected chi connectivity index (χ1v) is 9.15. The zero-order valence-electron chi connectivity index (χ0n) is 15.8. The summed E-state index contributed by atoms with van der Waals surface area (Å²) in [4.78, 5) is 25.7. The van der Waals surface area contributed by atoms with Crippen molar-refractivity contribution in [2.45, 2.75) is 25.1 Å². The van der Waals surface area contributed by atoms with Gasteiger partial charge >= 0.3 is 6.18 Å². The fourth-order valence-electron chi connectivity index (χ4n) is 3.41. The van der Waals surface area contributed by atoms with Crippen LogP contribution in [-0.4, -0.2) is 29.8 Å². The molecule has 0 bridgehead atoms. The molecule has 1 N–H and O–H groups in total. The molecule has 3 aromatic rings. The summed E-state index contributed by atoms with van der Waals surface area (Å²) in [7, 11) is 1.56. The van der Waals surface area contributed by atoms with Crippen LogP contribution in [-0.2, 0) is 15.8 Å². The number of rotatable bonds is 4. The zero-order chi connectivity index (χ0) is 21.5. The van der Waals surface area contributed by atoms with Crippen LogP contribution in [0, 0.1) is 0 Å². The van der Waals surface area contributed by atoms with Crippen LogP contribution < -0.4 is 10.1 Å². The van der Waals surface area contributed by atoms with Crippen LogP contribution >= 0.6 is 0 Å². The lowest BCUT2D eigenvalue weighted by Gasteiger charge is -2.19. The van der Waals surface area contributed by atoms with E-state index in [4.69, 9.17) is 9.15 Å². The molecule has 1 aromatic heterocycles. The van der Waals surface area contributed by atoms with Crippen LogP contribution in [0.4, 0.5) is 18.9 Å². The number of carbonyl (C=O) groups excluding carboxylic acids is 2. The number of hydrogen-bond donors (Lipinski definition) is 1. The molecule has 156 valence electrons. The summed E-state index contributed by atoms with van der Waals surface area (Å²) in [6.07, 6.45) is -2.36. The minimum atomic E-state index is -4.49.